The summed E-state index contributed by atoms with van der Waals surface area (Å²) in [6.45, 7) is 0. The minimum atomic E-state index is 0.411. The molecule has 1 aromatic heterocycles. The molecule has 0 N–H and O–H groups in total. The van der Waals surface area contributed by atoms with E-state index in [1.54, 1.807) is 0 Å². The predicted octanol–water partition coefficient (Wildman–Crippen LogP) is 3.30. The summed E-state index contributed by atoms with van der Waals surface area (Å²) in [7, 11) is 3.96. The average Bonchev–Trinajstić information content (AvgIpc) is 2.93. The van der Waals surface area contributed by atoms with E-state index in [9.17, 15) is 5.26 Å². The van der Waals surface area contributed by atoms with Crippen LogP contribution in [-0.2, 0) is 12.8 Å². The number of hydrogen-bond donors (Lipinski definition) is 0. The molecule has 1 aliphatic rings. The van der Waals surface area contributed by atoms with Gasteiger partial charge in [0.05, 0.1) is 0 Å². The molecule has 0 saturated heterocycles. The summed E-state index contributed by atoms with van der Waals surface area (Å²) >= 11 is 0. The van der Waals surface area contributed by atoms with Crippen molar-refractivity contribution in [1.82, 2.24) is 4.98 Å². The Kier molecular flexibility index (Phi) is 3.49. The van der Waals surface area contributed by atoms with Crippen LogP contribution < -0.4 is 9.64 Å². The molecule has 3 rings (SSSR count). The van der Waals surface area contributed by atoms with Crippen LogP contribution >= 0.6 is 0 Å². The molecule has 0 spiro atoms. The molecule has 0 unspecified atom stereocenters. The standard InChI is InChI=1S/C17H17N3O/c1-20(2)14-6-4-7-15(10-14)21-17-13(11-18)9-12-5-3-8-16(12)19-17/h4,6-7,9-10H,3,5,8H2,1-2H3. The SMILES string of the molecule is CN(C)c1cccc(Oc2nc3c(cc2C#N)CCC3)c1. The van der Waals surface area contributed by atoms with Crippen LogP contribution in [0.4, 0.5) is 5.69 Å². The topological polar surface area (TPSA) is 49.1 Å². The van der Waals surface area contributed by atoms with E-state index in [1.165, 1.54) is 5.56 Å². The van der Waals surface area contributed by atoms with E-state index in [1.807, 2.05) is 49.3 Å². The van der Waals surface area contributed by atoms with E-state index in [-0.39, 0.29) is 0 Å². The Morgan fingerprint density at radius 3 is 2.86 bits per heavy atom. The smallest absolute Gasteiger partial charge is 0.237 e. The summed E-state index contributed by atoms with van der Waals surface area (Å²) in [6, 6.07) is 11.9. The van der Waals surface area contributed by atoms with Crippen LogP contribution in [0, 0.1) is 11.3 Å². The first-order valence-electron chi connectivity index (χ1n) is 7.05. The van der Waals surface area contributed by atoms with E-state index in [4.69, 9.17) is 4.74 Å². The van der Waals surface area contributed by atoms with E-state index < -0.39 is 0 Å². The first-order chi connectivity index (χ1) is 10.2. The van der Waals surface area contributed by atoms with E-state index in [0.29, 0.717) is 17.2 Å². The molecule has 2 aromatic rings. The maximum absolute atomic E-state index is 9.29. The minimum absolute atomic E-state index is 0.411. The molecule has 4 heteroatoms. The van der Waals surface area contributed by atoms with Crippen molar-refractivity contribution in [3.8, 4) is 17.7 Å². The van der Waals surface area contributed by atoms with Gasteiger partial charge in [-0.05, 0) is 43.0 Å². The molecule has 0 bridgehead atoms. The number of benzene rings is 1. The lowest BCUT2D eigenvalue weighted by atomic mass is 10.1. The Balaban J connectivity index is 1.95. The Hall–Kier alpha value is -2.54. The maximum Gasteiger partial charge on any atom is 0.237 e. The first kappa shape index (κ1) is 13.4. The zero-order valence-corrected chi connectivity index (χ0v) is 12.3. The quantitative estimate of drug-likeness (QED) is 0.865. The van der Waals surface area contributed by atoms with Gasteiger partial charge in [0.2, 0.25) is 5.88 Å². The first-order valence-corrected chi connectivity index (χ1v) is 7.05. The third-order valence-electron chi connectivity index (χ3n) is 3.68. The normalized spacial score (nSPS) is 12.6. The second kappa shape index (κ2) is 5.45. The van der Waals surface area contributed by atoms with E-state index in [0.717, 1.165) is 30.6 Å². The molecule has 0 radical (unpaired) electrons. The van der Waals surface area contributed by atoms with Crippen molar-refractivity contribution in [1.29, 1.82) is 5.26 Å². The van der Waals surface area contributed by atoms with Gasteiger partial charge >= 0.3 is 0 Å². The summed E-state index contributed by atoms with van der Waals surface area (Å²) in [5.74, 6) is 1.11. The third-order valence-corrected chi connectivity index (χ3v) is 3.68. The molecule has 0 amide bonds. The number of nitriles is 1. The molecular weight excluding hydrogens is 262 g/mol. The van der Waals surface area contributed by atoms with Gasteiger partial charge in [-0.1, -0.05) is 6.07 Å². The van der Waals surface area contributed by atoms with Gasteiger partial charge in [-0.2, -0.15) is 5.26 Å². The molecule has 0 fully saturated rings. The number of hydrogen-bond acceptors (Lipinski definition) is 4. The van der Waals surface area contributed by atoms with Crippen molar-refractivity contribution in [3.63, 3.8) is 0 Å². The highest BCUT2D eigenvalue weighted by molar-refractivity contribution is 5.51. The van der Waals surface area contributed by atoms with Crippen LogP contribution in [0.1, 0.15) is 23.2 Å². The number of ether oxygens (including phenoxy) is 1. The number of fused-ring (bicyclic) bond motifs is 1. The van der Waals surface area contributed by atoms with Crippen molar-refractivity contribution < 1.29 is 4.74 Å². The van der Waals surface area contributed by atoms with Crippen LogP contribution in [0.25, 0.3) is 0 Å². The van der Waals surface area contributed by atoms with Crippen LogP contribution in [-0.4, -0.2) is 19.1 Å². The van der Waals surface area contributed by atoms with Crippen molar-refractivity contribution >= 4 is 5.69 Å². The van der Waals surface area contributed by atoms with Gasteiger partial charge in [0, 0.05) is 31.5 Å². The Labute approximate surface area is 124 Å². The zero-order chi connectivity index (χ0) is 14.8. The lowest BCUT2D eigenvalue weighted by molar-refractivity contribution is 0.459. The van der Waals surface area contributed by atoms with Crippen molar-refractivity contribution in [2.75, 3.05) is 19.0 Å². The molecule has 0 atom stereocenters. The predicted molar refractivity (Wildman–Crippen MR) is 81.8 cm³/mol. The minimum Gasteiger partial charge on any atom is -0.438 e. The van der Waals surface area contributed by atoms with Crippen LogP contribution in [0.2, 0.25) is 0 Å². The highest BCUT2D eigenvalue weighted by Gasteiger charge is 2.17. The lowest BCUT2D eigenvalue weighted by Crippen LogP contribution is -2.08. The highest BCUT2D eigenvalue weighted by Crippen LogP contribution is 2.30. The zero-order valence-electron chi connectivity index (χ0n) is 12.3. The number of pyridine rings is 1. The molecule has 1 aliphatic carbocycles. The molecule has 1 aromatic carbocycles. The van der Waals surface area contributed by atoms with Gasteiger partial charge in [-0.15, -0.1) is 0 Å². The average molecular weight is 279 g/mol. The fraction of sp³-hybridized carbons (Fsp3) is 0.294. The fourth-order valence-electron chi connectivity index (χ4n) is 2.55. The number of anilines is 1. The van der Waals surface area contributed by atoms with Crippen LogP contribution in [0.5, 0.6) is 11.6 Å². The van der Waals surface area contributed by atoms with Gasteiger partial charge in [-0.3, -0.25) is 0 Å². The second-order valence-electron chi connectivity index (χ2n) is 5.41. The maximum atomic E-state index is 9.29. The summed E-state index contributed by atoms with van der Waals surface area (Å²) in [5, 5.41) is 9.29. The third kappa shape index (κ3) is 2.68. The summed E-state index contributed by atoms with van der Waals surface area (Å²) in [4.78, 5) is 6.54. The van der Waals surface area contributed by atoms with E-state index >= 15 is 0 Å². The number of rotatable bonds is 3. The van der Waals surface area contributed by atoms with Crippen LogP contribution in [0.3, 0.4) is 0 Å². The molecular formula is C17H17N3O. The van der Waals surface area contributed by atoms with Gasteiger partial charge < -0.3 is 9.64 Å². The molecule has 4 nitrogen and oxygen atoms in total. The number of aryl methyl sites for hydroxylation is 2. The van der Waals surface area contributed by atoms with Gasteiger partial charge in [0.15, 0.2) is 0 Å². The Bertz CT molecular complexity index is 716. The van der Waals surface area contributed by atoms with Crippen LogP contribution in [0.15, 0.2) is 30.3 Å². The van der Waals surface area contributed by atoms with E-state index in [2.05, 4.69) is 11.1 Å². The van der Waals surface area contributed by atoms with Crippen molar-refractivity contribution in [3.05, 3.63) is 47.2 Å². The summed E-state index contributed by atoms with van der Waals surface area (Å²) in [5.41, 5.74) is 3.80. The largest absolute Gasteiger partial charge is 0.438 e. The Morgan fingerprint density at radius 2 is 2.10 bits per heavy atom. The van der Waals surface area contributed by atoms with Gasteiger partial charge in [0.25, 0.3) is 0 Å². The lowest BCUT2D eigenvalue weighted by Gasteiger charge is -2.14. The number of aromatic nitrogens is 1. The molecule has 0 saturated carbocycles. The van der Waals surface area contributed by atoms with Crippen molar-refractivity contribution in [2.45, 2.75) is 19.3 Å². The molecule has 0 aliphatic heterocycles. The van der Waals surface area contributed by atoms with Crippen molar-refractivity contribution in [2.24, 2.45) is 0 Å². The summed E-state index contributed by atoms with van der Waals surface area (Å²) < 4.78 is 5.86. The number of nitrogens with zero attached hydrogens (tertiary/aromatic N) is 3. The van der Waals surface area contributed by atoms with Gasteiger partial charge in [-0.25, -0.2) is 4.98 Å². The second-order valence-corrected chi connectivity index (χ2v) is 5.41. The molecule has 106 valence electrons. The highest BCUT2D eigenvalue weighted by atomic mass is 16.5. The monoisotopic (exact) mass is 279 g/mol. The van der Waals surface area contributed by atoms with Gasteiger partial charge in [0.1, 0.15) is 17.4 Å². The molecule has 21 heavy (non-hydrogen) atoms. The fourth-order valence-corrected chi connectivity index (χ4v) is 2.55. The Morgan fingerprint density at radius 1 is 1.24 bits per heavy atom. The summed E-state index contributed by atoms with van der Waals surface area (Å²) in [6.07, 6.45) is 3.08. The molecule has 1 heterocycles.